The molecular formula is C15H17ClN2O3S. The van der Waals surface area contributed by atoms with Crippen LogP contribution in [0.5, 0.6) is 11.5 Å². The third-order valence-corrected chi connectivity index (χ3v) is 3.76. The number of halogens is 1. The van der Waals surface area contributed by atoms with Crippen LogP contribution in [0.1, 0.15) is 30.2 Å². The summed E-state index contributed by atoms with van der Waals surface area (Å²) >= 11 is 11.0. The standard InChI is InChI=1S/C15H17ClN2O3S/c1-3-4-11-10(14(20)18-15(22)17-11)6-8-5-9(16)7-12(21-2)13(8)19/h5,7,19H,3-4,6H2,1-2H3,(H2,17,18,20,22). The number of methoxy groups -OCH3 is 1. The number of ether oxygens (including phenoxy) is 1. The molecule has 2 aromatic rings. The number of aromatic nitrogens is 2. The van der Waals surface area contributed by atoms with Gasteiger partial charge in [-0.1, -0.05) is 24.9 Å². The fourth-order valence-corrected chi connectivity index (χ4v) is 2.77. The molecule has 7 heteroatoms. The number of aromatic amines is 2. The molecule has 1 aromatic heterocycles. The van der Waals surface area contributed by atoms with E-state index in [-0.39, 0.29) is 23.5 Å². The van der Waals surface area contributed by atoms with Gasteiger partial charge in [-0.05, 0) is 24.7 Å². The Morgan fingerprint density at radius 1 is 1.36 bits per heavy atom. The number of aryl methyl sites for hydroxylation is 1. The Bertz CT molecular complexity index is 798. The predicted molar refractivity (Wildman–Crippen MR) is 88.7 cm³/mol. The summed E-state index contributed by atoms with van der Waals surface area (Å²) in [5.74, 6) is 0.260. The second-order valence-electron chi connectivity index (χ2n) is 4.91. The number of H-pyrrole nitrogens is 2. The van der Waals surface area contributed by atoms with Crippen molar-refractivity contribution in [3.05, 3.63) is 49.1 Å². The molecule has 1 aromatic carbocycles. The van der Waals surface area contributed by atoms with Gasteiger partial charge in [-0.2, -0.15) is 0 Å². The quantitative estimate of drug-likeness (QED) is 0.729. The number of rotatable bonds is 5. The third kappa shape index (κ3) is 3.51. The average molecular weight is 341 g/mol. The molecule has 0 aliphatic carbocycles. The zero-order valence-electron chi connectivity index (χ0n) is 12.3. The summed E-state index contributed by atoms with van der Waals surface area (Å²) in [6.45, 7) is 2.02. The van der Waals surface area contributed by atoms with Crippen LogP contribution in [0.3, 0.4) is 0 Å². The van der Waals surface area contributed by atoms with Crippen molar-refractivity contribution < 1.29 is 9.84 Å². The molecule has 2 rings (SSSR count). The predicted octanol–water partition coefficient (Wildman–Crippen LogP) is 3.34. The van der Waals surface area contributed by atoms with Gasteiger partial charge in [0.15, 0.2) is 16.3 Å². The van der Waals surface area contributed by atoms with Gasteiger partial charge in [-0.15, -0.1) is 0 Å². The number of aromatic hydroxyl groups is 1. The molecule has 1 heterocycles. The summed E-state index contributed by atoms with van der Waals surface area (Å²) in [5, 5.41) is 10.6. The van der Waals surface area contributed by atoms with E-state index in [1.54, 1.807) is 6.07 Å². The van der Waals surface area contributed by atoms with Gasteiger partial charge in [0.2, 0.25) is 0 Å². The van der Waals surface area contributed by atoms with E-state index in [0.29, 0.717) is 27.3 Å². The number of hydrogen-bond donors (Lipinski definition) is 3. The maximum Gasteiger partial charge on any atom is 0.255 e. The van der Waals surface area contributed by atoms with Crippen molar-refractivity contribution in [2.75, 3.05) is 7.11 Å². The van der Waals surface area contributed by atoms with Crippen LogP contribution >= 0.6 is 23.8 Å². The average Bonchev–Trinajstić information content (AvgIpc) is 2.46. The van der Waals surface area contributed by atoms with Crippen LogP contribution in [0, 0.1) is 4.77 Å². The third-order valence-electron chi connectivity index (χ3n) is 3.34. The van der Waals surface area contributed by atoms with Crippen LogP contribution in [0.15, 0.2) is 16.9 Å². The fourth-order valence-electron chi connectivity index (χ4n) is 2.32. The van der Waals surface area contributed by atoms with E-state index in [0.717, 1.165) is 12.1 Å². The molecule has 3 N–H and O–H groups in total. The van der Waals surface area contributed by atoms with Crippen LogP contribution in [-0.4, -0.2) is 22.2 Å². The van der Waals surface area contributed by atoms with Crippen LogP contribution < -0.4 is 10.3 Å². The Hall–Kier alpha value is -1.79. The lowest BCUT2D eigenvalue weighted by Gasteiger charge is -2.12. The van der Waals surface area contributed by atoms with Crippen molar-refractivity contribution in [3.8, 4) is 11.5 Å². The monoisotopic (exact) mass is 340 g/mol. The molecule has 0 unspecified atom stereocenters. The van der Waals surface area contributed by atoms with Gasteiger partial charge in [0, 0.05) is 34.3 Å². The van der Waals surface area contributed by atoms with Gasteiger partial charge in [0.05, 0.1) is 7.11 Å². The van der Waals surface area contributed by atoms with Crippen molar-refractivity contribution in [2.45, 2.75) is 26.2 Å². The van der Waals surface area contributed by atoms with Gasteiger partial charge in [0.25, 0.3) is 5.56 Å². The summed E-state index contributed by atoms with van der Waals surface area (Å²) in [6.07, 6.45) is 1.80. The van der Waals surface area contributed by atoms with E-state index in [9.17, 15) is 9.90 Å². The number of phenols is 1. The molecule has 5 nitrogen and oxygen atoms in total. The summed E-state index contributed by atoms with van der Waals surface area (Å²) in [6, 6.07) is 3.15. The highest BCUT2D eigenvalue weighted by Gasteiger charge is 2.15. The van der Waals surface area contributed by atoms with Gasteiger partial charge in [-0.25, -0.2) is 0 Å². The van der Waals surface area contributed by atoms with Crippen LogP contribution in [-0.2, 0) is 12.8 Å². The van der Waals surface area contributed by atoms with E-state index < -0.39 is 0 Å². The van der Waals surface area contributed by atoms with Crippen molar-refractivity contribution in [1.29, 1.82) is 0 Å². The summed E-state index contributed by atoms with van der Waals surface area (Å²) in [4.78, 5) is 17.8. The molecule has 0 spiro atoms. The highest BCUT2D eigenvalue weighted by molar-refractivity contribution is 7.71. The zero-order chi connectivity index (χ0) is 16.3. The fraction of sp³-hybridized carbons (Fsp3) is 0.333. The van der Waals surface area contributed by atoms with Crippen LogP contribution in [0.25, 0.3) is 0 Å². The molecule has 0 aliphatic rings. The molecule has 0 saturated heterocycles. The molecule has 118 valence electrons. The van der Waals surface area contributed by atoms with E-state index in [4.69, 9.17) is 28.6 Å². The largest absolute Gasteiger partial charge is 0.504 e. The Kier molecular flexibility index (Phi) is 5.26. The van der Waals surface area contributed by atoms with E-state index in [1.165, 1.54) is 13.2 Å². The van der Waals surface area contributed by atoms with Gasteiger partial charge in [-0.3, -0.25) is 9.78 Å². The maximum absolute atomic E-state index is 12.2. The first-order valence-electron chi connectivity index (χ1n) is 6.86. The van der Waals surface area contributed by atoms with Crippen molar-refractivity contribution in [3.63, 3.8) is 0 Å². The normalized spacial score (nSPS) is 10.7. The summed E-state index contributed by atoms with van der Waals surface area (Å²) < 4.78 is 5.38. The molecule has 0 atom stereocenters. The molecule has 0 saturated carbocycles. The second kappa shape index (κ2) is 6.98. The highest BCUT2D eigenvalue weighted by atomic mass is 35.5. The number of benzene rings is 1. The smallest absolute Gasteiger partial charge is 0.255 e. The Morgan fingerprint density at radius 3 is 2.73 bits per heavy atom. The maximum atomic E-state index is 12.2. The minimum Gasteiger partial charge on any atom is -0.504 e. The summed E-state index contributed by atoms with van der Waals surface area (Å²) in [5.41, 5.74) is 1.58. The SMILES string of the molecule is CCCc1[nH]c(=S)[nH]c(=O)c1Cc1cc(Cl)cc(OC)c1O. The first kappa shape index (κ1) is 16.6. The molecule has 0 radical (unpaired) electrons. The molecule has 0 bridgehead atoms. The van der Waals surface area contributed by atoms with E-state index in [1.807, 2.05) is 6.92 Å². The van der Waals surface area contributed by atoms with E-state index in [2.05, 4.69) is 9.97 Å². The van der Waals surface area contributed by atoms with Gasteiger partial charge in [0.1, 0.15) is 0 Å². The number of hydrogen-bond acceptors (Lipinski definition) is 4. The lowest BCUT2D eigenvalue weighted by atomic mass is 10.0. The van der Waals surface area contributed by atoms with Crippen LogP contribution in [0.4, 0.5) is 0 Å². The molecule has 22 heavy (non-hydrogen) atoms. The van der Waals surface area contributed by atoms with Crippen molar-refractivity contribution >= 4 is 23.8 Å². The number of nitrogens with one attached hydrogen (secondary N) is 2. The Labute approximate surface area is 137 Å². The topological polar surface area (TPSA) is 78.1 Å². The van der Waals surface area contributed by atoms with E-state index >= 15 is 0 Å². The lowest BCUT2D eigenvalue weighted by Crippen LogP contribution is -2.18. The van der Waals surface area contributed by atoms with Crippen molar-refractivity contribution in [2.24, 2.45) is 0 Å². The van der Waals surface area contributed by atoms with Crippen LogP contribution in [0.2, 0.25) is 5.02 Å². The molecule has 0 amide bonds. The molecular weight excluding hydrogens is 324 g/mol. The highest BCUT2D eigenvalue weighted by Crippen LogP contribution is 2.34. The minimum absolute atomic E-state index is 0.0174. The molecule has 0 aliphatic heterocycles. The Morgan fingerprint density at radius 2 is 2.09 bits per heavy atom. The van der Waals surface area contributed by atoms with Gasteiger partial charge < -0.3 is 14.8 Å². The number of phenolic OH excluding ortho intramolecular Hbond substituents is 1. The molecule has 0 fully saturated rings. The first-order valence-corrected chi connectivity index (χ1v) is 7.64. The zero-order valence-corrected chi connectivity index (χ0v) is 13.9. The second-order valence-corrected chi connectivity index (χ2v) is 5.75. The minimum atomic E-state index is -0.259. The summed E-state index contributed by atoms with van der Waals surface area (Å²) in [7, 11) is 1.45. The Balaban J connectivity index is 2.54. The van der Waals surface area contributed by atoms with Gasteiger partial charge >= 0.3 is 0 Å². The lowest BCUT2D eigenvalue weighted by molar-refractivity contribution is 0.371. The first-order chi connectivity index (χ1) is 10.5. The van der Waals surface area contributed by atoms with Crippen molar-refractivity contribution in [1.82, 2.24) is 9.97 Å².